The van der Waals surface area contributed by atoms with Crippen LogP contribution >= 0.6 is 0 Å². The van der Waals surface area contributed by atoms with Gasteiger partial charge in [-0.05, 0) is 0 Å². The van der Waals surface area contributed by atoms with Crippen molar-refractivity contribution in [2.24, 2.45) is 5.73 Å². The van der Waals surface area contributed by atoms with Crippen LogP contribution in [-0.4, -0.2) is 23.5 Å². The van der Waals surface area contributed by atoms with E-state index in [2.05, 4.69) is 5.73 Å². The Morgan fingerprint density at radius 3 is 1.80 bits per heavy atom. The van der Waals surface area contributed by atoms with E-state index in [-0.39, 0.29) is 23.5 Å². The van der Waals surface area contributed by atoms with Crippen LogP contribution in [0.15, 0.2) is 0 Å². The van der Waals surface area contributed by atoms with Gasteiger partial charge in [-0.15, -0.1) is 0 Å². The Kier molecular flexibility index (Phi) is 7.14. The van der Waals surface area contributed by atoms with Crippen LogP contribution in [0.1, 0.15) is 6.92 Å². The van der Waals surface area contributed by atoms with Crippen molar-refractivity contribution in [3.63, 3.8) is 0 Å². The Hall–Kier alpha value is 0.0129. The monoisotopic (exact) mass is 137 g/mol. The normalized spacial score (nSPS) is 5.00. The van der Waals surface area contributed by atoms with Crippen molar-refractivity contribution in [2.75, 3.05) is 0 Å². The van der Waals surface area contributed by atoms with Crippen LogP contribution in [0.4, 0.5) is 0 Å². The van der Waals surface area contributed by atoms with Gasteiger partial charge in [0.25, 0.3) is 0 Å². The summed E-state index contributed by atoms with van der Waals surface area (Å²) in [5, 5.41) is 0. The molecule has 0 rings (SSSR count). The quantitative estimate of drug-likeness (QED) is 0.386. The SMILES string of the molecule is CC(N)=O.[GeH4]. The van der Waals surface area contributed by atoms with Crippen molar-refractivity contribution in [3.05, 3.63) is 0 Å². The molecule has 0 aliphatic heterocycles. The van der Waals surface area contributed by atoms with Gasteiger partial charge in [0.1, 0.15) is 0 Å². The van der Waals surface area contributed by atoms with E-state index in [0.29, 0.717) is 0 Å². The van der Waals surface area contributed by atoms with Gasteiger partial charge in [0, 0.05) is 6.92 Å². The number of rotatable bonds is 0. The van der Waals surface area contributed by atoms with E-state index in [1.54, 1.807) is 0 Å². The molecule has 5 heavy (non-hydrogen) atoms. The first-order valence-electron chi connectivity index (χ1n) is 0.993. The molecule has 0 unspecified atom stereocenters. The zero-order valence-corrected chi connectivity index (χ0v) is 2.49. The Balaban J connectivity index is 0. The molecule has 0 saturated carbocycles. The van der Waals surface area contributed by atoms with E-state index in [4.69, 9.17) is 0 Å². The van der Waals surface area contributed by atoms with E-state index in [0.717, 1.165) is 0 Å². The molecule has 0 heterocycles. The van der Waals surface area contributed by atoms with Gasteiger partial charge in [-0.1, -0.05) is 0 Å². The molecule has 0 atom stereocenters. The van der Waals surface area contributed by atoms with Crippen molar-refractivity contribution < 1.29 is 4.79 Å². The Bertz CT molecular complexity index is 32.6. The third kappa shape index (κ3) is 98400. The van der Waals surface area contributed by atoms with Gasteiger partial charge in [0.15, 0.2) is 0 Å². The summed E-state index contributed by atoms with van der Waals surface area (Å²) in [5.41, 5.74) is 4.47. The zero-order valence-electron chi connectivity index (χ0n) is 2.49. The first-order valence-corrected chi connectivity index (χ1v) is 0.993. The molecule has 0 aliphatic carbocycles. The van der Waals surface area contributed by atoms with E-state index >= 15 is 0 Å². The second kappa shape index (κ2) is 4.01. The molecule has 0 spiro atoms. The Morgan fingerprint density at radius 1 is 1.80 bits per heavy atom. The average molecular weight is 136 g/mol. The second-order valence-electron chi connectivity index (χ2n) is 0.611. The molecule has 0 aromatic heterocycles. The molecule has 2 N–H and O–H groups in total. The number of nitrogens with two attached hydrogens (primary N) is 1. The van der Waals surface area contributed by atoms with E-state index in [9.17, 15) is 4.79 Å². The summed E-state index contributed by atoms with van der Waals surface area (Å²) < 4.78 is 0. The van der Waals surface area contributed by atoms with Gasteiger partial charge >= 0.3 is 17.6 Å². The maximum absolute atomic E-state index is 9.22. The number of primary amides is 1. The first-order chi connectivity index (χ1) is 1.73. The summed E-state index contributed by atoms with van der Waals surface area (Å²) in [6, 6.07) is 0. The Morgan fingerprint density at radius 2 is 1.80 bits per heavy atom. The van der Waals surface area contributed by atoms with E-state index in [1.165, 1.54) is 6.92 Å². The molecule has 32 valence electrons. The summed E-state index contributed by atoms with van der Waals surface area (Å²) in [6.07, 6.45) is 0. The molecule has 2 nitrogen and oxygen atoms in total. The third-order valence-electron chi connectivity index (χ3n) is 0. The number of hydrogen-bond donors (Lipinski definition) is 1. The van der Waals surface area contributed by atoms with Crippen molar-refractivity contribution in [3.8, 4) is 0 Å². The number of carbonyl (C=O) groups is 1. The summed E-state index contributed by atoms with van der Waals surface area (Å²) in [4.78, 5) is 9.22. The standard InChI is InChI=1S/C2H5NO.GeH4/c1-2(3)4;/h1H3,(H2,3,4);1H4. The second-order valence-corrected chi connectivity index (χ2v) is 0.611. The van der Waals surface area contributed by atoms with Crippen LogP contribution in [0.25, 0.3) is 0 Å². The first kappa shape index (κ1) is 8.89. The van der Waals surface area contributed by atoms with E-state index < -0.39 is 0 Å². The van der Waals surface area contributed by atoms with Crippen molar-refractivity contribution in [2.45, 2.75) is 6.92 Å². The fraction of sp³-hybridized carbons (Fsp3) is 0.500. The third-order valence-corrected chi connectivity index (χ3v) is 0. The van der Waals surface area contributed by atoms with Crippen LogP contribution in [0.5, 0.6) is 0 Å². The van der Waals surface area contributed by atoms with Crippen LogP contribution < -0.4 is 5.73 Å². The number of amides is 1. The molecule has 0 saturated heterocycles. The molecule has 0 aromatic rings. The van der Waals surface area contributed by atoms with Crippen molar-refractivity contribution in [1.82, 2.24) is 0 Å². The minimum absolute atomic E-state index is 0. The Labute approximate surface area is 41.7 Å². The van der Waals surface area contributed by atoms with Gasteiger partial charge in [0.05, 0.1) is 0 Å². The maximum atomic E-state index is 9.22. The number of hydrogen-bond acceptors (Lipinski definition) is 1. The molecule has 0 aliphatic rings. The molecule has 0 fully saturated rings. The molecular formula is C2H9GeNO. The predicted molar refractivity (Wildman–Crippen MR) is 26.2 cm³/mol. The molecule has 0 aromatic carbocycles. The van der Waals surface area contributed by atoms with Gasteiger partial charge in [0.2, 0.25) is 5.91 Å². The van der Waals surface area contributed by atoms with Crippen LogP contribution in [0.3, 0.4) is 0 Å². The molecule has 3 heteroatoms. The summed E-state index contributed by atoms with van der Waals surface area (Å²) in [6.45, 7) is 1.31. The predicted octanol–water partition coefficient (Wildman–Crippen LogP) is -1.96. The minimum atomic E-state index is -0.333. The number of carbonyl (C=O) groups excluding carboxylic acids is 1. The van der Waals surface area contributed by atoms with Gasteiger partial charge in [-0.25, -0.2) is 0 Å². The summed E-state index contributed by atoms with van der Waals surface area (Å²) in [5.74, 6) is -0.333. The van der Waals surface area contributed by atoms with E-state index in [1.807, 2.05) is 0 Å². The fourth-order valence-corrected chi connectivity index (χ4v) is 0. The average Bonchev–Trinajstić information content (AvgIpc) is 0.811. The molecular weight excluding hydrogens is 127 g/mol. The fourth-order valence-electron chi connectivity index (χ4n) is 0. The summed E-state index contributed by atoms with van der Waals surface area (Å²) >= 11 is 0. The summed E-state index contributed by atoms with van der Waals surface area (Å²) in [7, 11) is 0. The van der Waals surface area contributed by atoms with Crippen LogP contribution in [0, 0.1) is 0 Å². The zero-order chi connectivity index (χ0) is 3.58. The van der Waals surface area contributed by atoms with Crippen LogP contribution in [0.2, 0.25) is 0 Å². The van der Waals surface area contributed by atoms with Gasteiger partial charge in [-0.3, -0.25) is 4.79 Å². The van der Waals surface area contributed by atoms with Crippen molar-refractivity contribution in [1.29, 1.82) is 0 Å². The van der Waals surface area contributed by atoms with Crippen molar-refractivity contribution >= 4 is 23.5 Å². The molecule has 0 radical (unpaired) electrons. The van der Waals surface area contributed by atoms with Crippen LogP contribution in [-0.2, 0) is 4.79 Å². The topological polar surface area (TPSA) is 43.1 Å². The van der Waals surface area contributed by atoms with Gasteiger partial charge < -0.3 is 5.73 Å². The van der Waals surface area contributed by atoms with Gasteiger partial charge in [-0.2, -0.15) is 0 Å². The molecule has 1 amide bonds. The molecule has 0 bridgehead atoms.